The number of hydrogen-bond donors (Lipinski definition) is 0. The van der Waals surface area contributed by atoms with Crippen LogP contribution in [0, 0.1) is 12.7 Å². The van der Waals surface area contributed by atoms with Crippen molar-refractivity contribution in [3.63, 3.8) is 0 Å². The van der Waals surface area contributed by atoms with Gasteiger partial charge in [-0.2, -0.15) is 9.36 Å². The van der Waals surface area contributed by atoms with Gasteiger partial charge in [-0.3, -0.25) is 0 Å². The highest BCUT2D eigenvalue weighted by Gasteiger charge is 2.28. The van der Waals surface area contributed by atoms with Crippen molar-refractivity contribution in [2.24, 2.45) is 7.05 Å². The molecule has 1 fully saturated rings. The molecular formula is C19H19FN4O2. The van der Waals surface area contributed by atoms with Gasteiger partial charge in [-0.25, -0.2) is 9.18 Å². The fourth-order valence-electron chi connectivity index (χ4n) is 3.13. The van der Waals surface area contributed by atoms with Crippen LogP contribution >= 0.6 is 0 Å². The van der Waals surface area contributed by atoms with Gasteiger partial charge in [0.05, 0.1) is 5.69 Å². The van der Waals surface area contributed by atoms with Gasteiger partial charge in [0, 0.05) is 12.6 Å². The van der Waals surface area contributed by atoms with Crippen LogP contribution in [0.1, 0.15) is 35.4 Å². The van der Waals surface area contributed by atoms with Gasteiger partial charge in [0.2, 0.25) is 0 Å². The lowest BCUT2D eigenvalue weighted by Gasteiger charge is -2.16. The van der Waals surface area contributed by atoms with Gasteiger partial charge in [-0.05, 0) is 59.4 Å². The summed E-state index contributed by atoms with van der Waals surface area (Å²) in [5.74, 6) is 0.283. The first-order valence-corrected chi connectivity index (χ1v) is 8.55. The highest BCUT2D eigenvalue weighted by Crippen LogP contribution is 2.43. The molecule has 26 heavy (non-hydrogen) atoms. The summed E-state index contributed by atoms with van der Waals surface area (Å²) < 4.78 is 22.4. The molecule has 0 atom stereocenters. The average molecular weight is 354 g/mol. The minimum absolute atomic E-state index is 0.160. The number of para-hydroxylation sites is 1. The maximum Gasteiger partial charge on any atom is 0.368 e. The molecule has 0 saturated heterocycles. The topological polar surface area (TPSA) is 61.9 Å². The molecule has 2 aromatic carbocycles. The van der Waals surface area contributed by atoms with Crippen molar-refractivity contribution in [1.82, 2.24) is 19.8 Å². The van der Waals surface area contributed by atoms with Crippen LogP contribution < -0.4 is 10.4 Å². The van der Waals surface area contributed by atoms with E-state index in [-0.39, 0.29) is 18.0 Å². The maximum absolute atomic E-state index is 14.1. The van der Waals surface area contributed by atoms with Crippen LogP contribution in [0.5, 0.6) is 5.75 Å². The van der Waals surface area contributed by atoms with Crippen LogP contribution in [0.4, 0.5) is 4.39 Å². The van der Waals surface area contributed by atoms with E-state index in [9.17, 15) is 9.18 Å². The Bertz CT molecular complexity index is 1000. The zero-order valence-electron chi connectivity index (χ0n) is 14.6. The molecule has 1 heterocycles. The molecule has 0 N–H and O–H groups in total. The van der Waals surface area contributed by atoms with Gasteiger partial charge in [0.25, 0.3) is 0 Å². The summed E-state index contributed by atoms with van der Waals surface area (Å²) in [6, 6.07) is 10.6. The Morgan fingerprint density at radius 3 is 2.62 bits per heavy atom. The van der Waals surface area contributed by atoms with Crippen LogP contribution in [0.15, 0.2) is 41.2 Å². The maximum atomic E-state index is 14.1. The summed E-state index contributed by atoms with van der Waals surface area (Å²) >= 11 is 0. The fourth-order valence-corrected chi connectivity index (χ4v) is 3.13. The lowest BCUT2D eigenvalue weighted by Crippen LogP contribution is -2.23. The molecule has 0 radical (unpaired) electrons. The molecule has 1 saturated carbocycles. The zero-order chi connectivity index (χ0) is 18.3. The van der Waals surface area contributed by atoms with Gasteiger partial charge in [-0.15, -0.1) is 0 Å². The summed E-state index contributed by atoms with van der Waals surface area (Å²) in [7, 11) is 1.55. The summed E-state index contributed by atoms with van der Waals surface area (Å²) in [6.45, 7) is 1.96. The molecule has 0 bridgehead atoms. The van der Waals surface area contributed by atoms with E-state index in [2.05, 4.69) is 10.4 Å². The third-order valence-electron chi connectivity index (χ3n) is 4.68. The van der Waals surface area contributed by atoms with Gasteiger partial charge in [0.15, 0.2) is 11.6 Å². The fraction of sp³-hybridized carbons (Fsp3) is 0.316. The SMILES string of the molecule is Cc1cccc(F)c1OCc1c(C2CC2)cccc1-n1nnn(C)c1=O. The van der Waals surface area contributed by atoms with Gasteiger partial charge in [-0.1, -0.05) is 24.3 Å². The van der Waals surface area contributed by atoms with Crippen LogP contribution in [0.2, 0.25) is 0 Å². The van der Waals surface area contributed by atoms with Crippen molar-refractivity contribution >= 4 is 0 Å². The molecule has 3 aromatic rings. The molecule has 1 aliphatic carbocycles. The first-order valence-electron chi connectivity index (χ1n) is 8.55. The number of ether oxygens (including phenoxy) is 1. The van der Waals surface area contributed by atoms with Gasteiger partial charge >= 0.3 is 5.69 Å². The van der Waals surface area contributed by atoms with Crippen molar-refractivity contribution in [1.29, 1.82) is 0 Å². The number of benzene rings is 2. The zero-order valence-corrected chi connectivity index (χ0v) is 14.6. The second-order valence-corrected chi connectivity index (χ2v) is 6.59. The standard InChI is InChI=1S/C19H19FN4O2/c1-12-5-3-7-16(20)18(12)26-11-15-14(13-9-10-13)6-4-8-17(15)24-19(25)23(2)21-22-24/h3-8,13H,9-11H2,1-2H3. The molecule has 4 rings (SSSR count). The first kappa shape index (κ1) is 16.5. The van der Waals surface area contributed by atoms with Gasteiger partial charge in [0.1, 0.15) is 6.61 Å². The molecular weight excluding hydrogens is 335 g/mol. The molecule has 134 valence electrons. The Kier molecular flexibility index (Phi) is 4.06. The van der Waals surface area contributed by atoms with Crippen molar-refractivity contribution in [2.45, 2.75) is 32.3 Å². The normalized spacial score (nSPS) is 13.8. The number of rotatable bonds is 5. The summed E-state index contributed by atoms with van der Waals surface area (Å²) in [5, 5.41) is 7.73. The summed E-state index contributed by atoms with van der Waals surface area (Å²) in [4.78, 5) is 12.3. The number of halogens is 1. The largest absolute Gasteiger partial charge is 0.485 e. The van der Waals surface area contributed by atoms with E-state index in [1.807, 2.05) is 18.2 Å². The second-order valence-electron chi connectivity index (χ2n) is 6.59. The third-order valence-corrected chi connectivity index (χ3v) is 4.68. The predicted molar refractivity (Wildman–Crippen MR) is 94.0 cm³/mol. The molecule has 1 aromatic heterocycles. The smallest absolute Gasteiger partial charge is 0.368 e. The van der Waals surface area contributed by atoms with Crippen LogP contribution in [-0.4, -0.2) is 19.8 Å². The molecule has 7 heteroatoms. The molecule has 0 spiro atoms. The number of nitrogens with zero attached hydrogens (tertiary/aromatic N) is 4. The Balaban J connectivity index is 1.76. The molecule has 0 aliphatic heterocycles. The highest BCUT2D eigenvalue weighted by atomic mass is 19.1. The Hall–Kier alpha value is -2.96. The first-order chi connectivity index (χ1) is 12.6. The third kappa shape index (κ3) is 2.89. The van der Waals surface area contributed by atoms with Crippen molar-refractivity contribution in [3.8, 4) is 11.4 Å². The molecule has 6 nitrogen and oxygen atoms in total. The molecule has 0 amide bonds. The van der Waals surface area contributed by atoms with E-state index < -0.39 is 5.82 Å². The lowest BCUT2D eigenvalue weighted by molar-refractivity contribution is 0.286. The van der Waals surface area contributed by atoms with Crippen LogP contribution in [0.3, 0.4) is 0 Å². The Morgan fingerprint density at radius 1 is 1.19 bits per heavy atom. The van der Waals surface area contributed by atoms with E-state index in [1.165, 1.54) is 15.4 Å². The Morgan fingerprint density at radius 2 is 1.96 bits per heavy atom. The number of aromatic nitrogens is 4. The minimum atomic E-state index is -0.396. The number of aryl methyl sites for hydroxylation is 2. The molecule has 1 aliphatic rings. The number of tetrazole rings is 1. The van der Waals surface area contributed by atoms with Crippen LogP contribution in [-0.2, 0) is 13.7 Å². The Labute approximate surface area is 149 Å². The lowest BCUT2D eigenvalue weighted by atomic mass is 10.0. The average Bonchev–Trinajstić information content (AvgIpc) is 3.41. The van der Waals surface area contributed by atoms with E-state index in [1.54, 1.807) is 26.1 Å². The highest BCUT2D eigenvalue weighted by molar-refractivity contribution is 5.48. The minimum Gasteiger partial charge on any atom is -0.485 e. The van der Waals surface area contributed by atoms with E-state index in [0.717, 1.165) is 29.5 Å². The van der Waals surface area contributed by atoms with Crippen LogP contribution in [0.25, 0.3) is 5.69 Å². The van der Waals surface area contributed by atoms with Gasteiger partial charge < -0.3 is 4.74 Å². The summed E-state index contributed by atoms with van der Waals surface area (Å²) in [6.07, 6.45) is 2.20. The quantitative estimate of drug-likeness (QED) is 0.707. The van der Waals surface area contributed by atoms with E-state index >= 15 is 0 Å². The van der Waals surface area contributed by atoms with Crippen molar-refractivity contribution < 1.29 is 9.13 Å². The van der Waals surface area contributed by atoms with E-state index in [4.69, 9.17) is 4.74 Å². The monoisotopic (exact) mass is 354 g/mol. The molecule has 0 unspecified atom stereocenters. The summed E-state index contributed by atoms with van der Waals surface area (Å²) in [5.41, 5.74) is 2.99. The van der Waals surface area contributed by atoms with Crippen molar-refractivity contribution in [2.75, 3.05) is 0 Å². The predicted octanol–water partition coefficient (Wildman–Crippen LogP) is 2.87. The number of hydrogen-bond acceptors (Lipinski definition) is 4. The second kappa shape index (κ2) is 6.40. The van der Waals surface area contributed by atoms with E-state index in [0.29, 0.717) is 11.6 Å². The van der Waals surface area contributed by atoms with Crippen molar-refractivity contribution in [3.05, 3.63) is 69.4 Å².